The maximum Gasteiger partial charge on any atom is 0.416 e. The minimum absolute atomic E-state index is 0.118. The Labute approximate surface area is 176 Å². The Balaban J connectivity index is 2.52. The number of halogens is 3. The maximum absolute atomic E-state index is 13.1. The van der Waals surface area contributed by atoms with Crippen molar-refractivity contribution in [2.24, 2.45) is 11.1 Å². The molecule has 0 aliphatic carbocycles. The average Bonchev–Trinajstić information content (AvgIpc) is 2.74. The van der Waals surface area contributed by atoms with Gasteiger partial charge in [-0.25, -0.2) is 4.79 Å². The first-order valence-electron chi connectivity index (χ1n) is 8.86. The topological polar surface area (TPSA) is 92.4 Å². The van der Waals surface area contributed by atoms with Crippen molar-refractivity contribution in [2.75, 3.05) is 14.2 Å². The van der Waals surface area contributed by atoms with Gasteiger partial charge in [0.2, 0.25) is 0 Å². The zero-order valence-corrected chi connectivity index (χ0v) is 17.2. The zero-order valence-electron chi connectivity index (χ0n) is 17.2. The van der Waals surface area contributed by atoms with Crippen molar-refractivity contribution in [3.05, 3.63) is 64.7 Å². The maximum atomic E-state index is 13.1. The van der Waals surface area contributed by atoms with E-state index in [9.17, 15) is 18.0 Å². The van der Waals surface area contributed by atoms with Crippen LogP contribution in [-0.4, -0.2) is 26.1 Å². The molecule has 0 aliphatic rings. The van der Waals surface area contributed by atoms with Crippen molar-refractivity contribution in [2.45, 2.75) is 20.0 Å². The molecule has 0 unspecified atom stereocenters. The number of carbonyl (C=O) groups excluding carboxylic acids is 1. The van der Waals surface area contributed by atoms with Crippen molar-refractivity contribution in [3.63, 3.8) is 0 Å². The predicted molar refractivity (Wildman–Crippen MR) is 107 cm³/mol. The van der Waals surface area contributed by atoms with Crippen LogP contribution in [0, 0.1) is 6.92 Å². The van der Waals surface area contributed by atoms with Crippen molar-refractivity contribution >= 4 is 23.2 Å². The van der Waals surface area contributed by atoms with E-state index in [1.807, 2.05) is 0 Å². The molecule has 0 atom stereocenters. The van der Waals surface area contributed by atoms with E-state index < -0.39 is 23.6 Å². The van der Waals surface area contributed by atoms with Crippen LogP contribution >= 0.6 is 0 Å². The minimum atomic E-state index is -4.49. The lowest BCUT2D eigenvalue weighted by molar-refractivity contribution is -0.137. The summed E-state index contributed by atoms with van der Waals surface area (Å²) >= 11 is 0. The van der Waals surface area contributed by atoms with Crippen molar-refractivity contribution in [1.29, 1.82) is 0 Å². The van der Waals surface area contributed by atoms with E-state index in [0.717, 1.165) is 19.2 Å². The van der Waals surface area contributed by atoms with Gasteiger partial charge < -0.3 is 19.1 Å². The predicted octanol–water partition coefficient (Wildman–Crippen LogP) is 4.30. The molecule has 0 fully saturated rings. The summed E-state index contributed by atoms with van der Waals surface area (Å²) in [5.41, 5.74) is 0.869. The highest BCUT2D eigenvalue weighted by Crippen LogP contribution is 2.34. The summed E-state index contributed by atoms with van der Waals surface area (Å²) in [4.78, 5) is 21.4. The molecule has 2 aromatic rings. The first-order chi connectivity index (χ1) is 14.6. The van der Waals surface area contributed by atoms with Gasteiger partial charge in [-0.15, -0.1) is 0 Å². The molecule has 0 spiro atoms. The minimum Gasteiger partial charge on any atom is -0.462 e. The number of oxime groups is 1. The number of alkyl halides is 3. The lowest BCUT2D eigenvalue weighted by Crippen LogP contribution is -2.23. The van der Waals surface area contributed by atoms with Crippen LogP contribution < -0.4 is 10.6 Å². The molecule has 0 aromatic heterocycles. The van der Waals surface area contributed by atoms with E-state index in [4.69, 9.17) is 15.5 Å². The van der Waals surface area contributed by atoms with Gasteiger partial charge in [-0.05, 0) is 48.3 Å². The van der Waals surface area contributed by atoms with E-state index in [-0.39, 0.29) is 17.1 Å². The van der Waals surface area contributed by atoms with Crippen LogP contribution in [0.4, 0.5) is 13.2 Å². The van der Waals surface area contributed by atoms with Crippen LogP contribution in [0.25, 0.3) is 11.3 Å². The van der Waals surface area contributed by atoms with Crippen LogP contribution in [0.2, 0.25) is 0 Å². The Morgan fingerprint density at radius 1 is 1.06 bits per heavy atom. The second kappa shape index (κ2) is 9.98. The molecule has 2 N–H and O–H groups in total. The molecule has 31 heavy (non-hydrogen) atoms. The molecule has 0 saturated heterocycles. The van der Waals surface area contributed by atoms with Gasteiger partial charge >= 0.3 is 18.0 Å². The number of benzene rings is 2. The molecule has 0 bridgehead atoms. The number of hydrogen-bond donors (Lipinski definition) is 1. The Kier molecular flexibility index (Phi) is 7.65. The SMILES string of the molecule is CON=C(Oc1cc(C(ON)=C(C)c2cccc(C(F)(F)F)c2)ccc1C)C(=O)OC. The highest BCUT2D eigenvalue weighted by molar-refractivity contribution is 6.33. The molecule has 7 nitrogen and oxygen atoms in total. The lowest BCUT2D eigenvalue weighted by atomic mass is 9.99. The Morgan fingerprint density at radius 2 is 1.77 bits per heavy atom. The number of allylic oxidation sites excluding steroid dienone is 1. The fraction of sp³-hybridized carbons (Fsp3) is 0.238. The van der Waals surface area contributed by atoms with Gasteiger partial charge in [0.25, 0.3) is 0 Å². The molecule has 0 saturated carbocycles. The number of ether oxygens (including phenoxy) is 2. The van der Waals surface area contributed by atoms with E-state index in [0.29, 0.717) is 16.7 Å². The normalized spacial score (nSPS) is 12.7. The molecular weight excluding hydrogens is 417 g/mol. The fourth-order valence-electron chi connectivity index (χ4n) is 2.66. The Bertz CT molecular complexity index is 1020. The molecule has 2 rings (SSSR count). The summed E-state index contributed by atoms with van der Waals surface area (Å²) in [6, 6.07) is 9.58. The van der Waals surface area contributed by atoms with E-state index >= 15 is 0 Å². The summed E-state index contributed by atoms with van der Waals surface area (Å²) in [5.74, 6) is 4.46. The first-order valence-corrected chi connectivity index (χ1v) is 8.86. The molecule has 0 aliphatic heterocycles. The van der Waals surface area contributed by atoms with Crippen molar-refractivity contribution < 1.29 is 37.1 Å². The number of methoxy groups -OCH3 is 1. The zero-order chi connectivity index (χ0) is 23.2. The molecule has 0 radical (unpaired) electrons. The summed E-state index contributed by atoms with van der Waals surface area (Å²) in [7, 11) is 2.39. The van der Waals surface area contributed by atoms with Gasteiger partial charge in [0.15, 0.2) is 5.76 Å². The Morgan fingerprint density at radius 3 is 2.35 bits per heavy atom. The molecule has 10 heteroatoms. The van der Waals surface area contributed by atoms with Crippen molar-refractivity contribution in [1.82, 2.24) is 0 Å². The van der Waals surface area contributed by atoms with E-state index in [1.54, 1.807) is 26.0 Å². The van der Waals surface area contributed by atoms with Gasteiger partial charge in [-0.1, -0.05) is 24.3 Å². The number of rotatable bonds is 5. The summed E-state index contributed by atoms with van der Waals surface area (Å²) < 4.78 is 49.3. The van der Waals surface area contributed by atoms with Gasteiger partial charge in [-0.3, -0.25) is 0 Å². The Hall–Kier alpha value is -3.53. The van der Waals surface area contributed by atoms with Gasteiger partial charge in [0.05, 0.1) is 12.7 Å². The molecular formula is C21H21F3N2O5. The van der Waals surface area contributed by atoms with Gasteiger partial charge in [-0.2, -0.15) is 19.1 Å². The number of nitrogens with two attached hydrogens (primary N) is 1. The standard InChI is InChI=1S/C21H21F3N2O5/c1-12-8-9-15(11-17(12)30-19(26-29-4)20(27)28-3)18(31-25)13(2)14-6-5-7-16(10-14)21(22,23)24/h5-11H,25H2,1-4H3. The third-order valence-corrected chi connectivity index (χ3v) is 4.27. The summed E-state index contributed by atoms with van der Waals surface area (Å²) in [6.45, 7) is 3.29. The number of nitrogens with zero attached hydrogens (tertiary/aromatic N) is 1. The number of hydrogen-bond acceptors (Lipinski definition) is 7. The quantitative estimate of drug-likeness (QED) is 0.187. The van der Waals surface area contributed by atoms with Crippen LogP contribution in [0.3, 0.4) is 0 Å². The highest BCUT2D eigenvalue weighted by Gasteiger charge is 2.30. The molecule has 166 valence electrons. The number of carbonyl (C=O) groups is 1. The van der Waals surface area contributed by atoms with Gasteiger partial charge in [0.1, 0.15) is 12.9 Å². The largest absolute Gasteiger partial charge is 0.462 e. The van der Waals surface area contributed by atoms with E-state index in [1.165, 1.54) is 25.3 Å². The molecule has 2 aromatic carbocycles. The number of esters is 1. The first kappa shape index (κ1) is 23.7. The monoisotopic (exact) mass is 438 g/mol. The third-order valence-electron chi connectivity index (χ3n) is 4.27. The average molecular weight is 438 g/mol. The van der Waals surface area contributed by atoms with Crippen molar-refractivity contribution in [3.8, 4) is 5.75 Å². The fourth-order valence-corrected chi connectivity index (χ4v) is 2.66. The molecule has 0 heterocycles. The molecule has 0 amide bonds. The number of aryl methyl sites for hydroxylation is 1. The second-order valence-corrected chi connectivity index (χ2v) is 6.30. The second-order valence-electron chi connectivity index (χ2n) is 6.30. The van der Waals surface area contributed by atoms with Crippen LogP contribution in [0.15, 0.2) is 47.6 Å². The summed E-state index contributed by atoms with van der Waals surface area (Å²) in [5, 5.41) is 3.49. The van der Waals surface area contributed by atoms with Crippen LogP contribution in [0.5, 0.6) is 5.75 Å². The van der Waals surface area contributed by atoms with Crippen LogP contribution in [0.1, 0.15) is 29.2 Å². The van der Waals surface area contributed by atoms with Gasteiger partial charge in [0, 0.05) is 11.1 Å². The third kappa shape index (κ3) is 5.76. The lowest BCUT2D eigenvalue weighted by Gasteiger charge is -2.15. The highest BCUT2D eigenvalue weighted by atomic mass is 19.4. The van der Waals surface area contributed by atoms with E-state index in [2.05, 4.69) is 14.7 Å². The summed E-state index contributed by atoms with van der Waals surface area (Å²) in [6.07, 6.45) is -4.49. The van der Waals surface area contributed by atoms with Crippen LogP contribution in [-0.2, 0) is 25.4 Å². The smallest absolute Gasteiger partial charge is 0.416 e.